The highest BCUT2D eigenvalue weighted by atomic mass is 35.5. The predicted molar refractivity (Wildman–Crippen MR) is 105 cm³/mol. The van der Waals surface area contributed by atoms with E-state index in [9.17, 15) is 9.59 Å². The molecule has 2 rings (SSSR count). The second-order valence-corrected chi connectivity index (χ2v) is 6.38. The number of methoxy groups -OCH3 is 1. The van der Waals surface area contributed by atoms with Gasteiger partial charge in [0.15, 0.2) is 0 Å². The molecule has 0 aliphatic carbocycles. The SMILES string of the molecule is COCC(=O)Nc1ccc(NC(C)C(=O)Nc2cc(Cl)ccc2Cl)cc1. The van der Waals surface area contributed by atoms with Crippen LogP contribution in [0.2, 0.25) is 10.0 Å². The average Bonchev–Trinajstić information content (AvgIpc) is 2.60. The molecule has 3 N–H and O–H groups in total. The molecule has 8 heteroatoms. The van der Waals surface area contributed by atoms with E-state index < -0.39 is 6.04 Å². The number of amides is 2. The molecule has 0 aliphatic rings. The topological polar surface area (TPSA) is 79.5 Å². The first-order chi connectivity index (χ1) is 12.4. The molecule has 0 saturated heterocycles. The normalized spacial score (nSPS) is 11.5. The summed E-state index contributed by atoms with van der Waals surface area (Å²) >= 11 is 12.0. The quantitative estimate of drug-likeness (QED) is 0.661. The maximum atomic E-state index is 12.3. The van der Waals surface area contributed by atoms with Crippen molar-refractivity contribution in [3.05, 3.63) is 52.5 Å². The molecule has 0 aromatic heterocycles. The Kier molecular flexibility index (Phi) is 7.26. The van der Waals surface area contributed by atoms with Crippen LogP contribution >= 0.6 is 23.2 Å². The number of hydrogen-bond acceptors (Lipinski definition) is 4. The Labute approximate surface area is 161 Å². The Hall–Kier alpha value is -2.28. The lowest BCUT2D eigenvalue weighted by Gasteiger charge is -2.16. The van der Waals surface area contributed by atoms with E-state index >= 15 is 0 Å². The third kappa shape index (κ3) is 5.91. The highest BCUT2D eigenvalue weighted by Crippen LogP contribution is 2.25. The molecule has 0 fully saturated rings. The van der Waals surface area contributed by atoms with Gasteiger partial charge in [0.25, 0.3) is 0 Å². The number of benzene rings is 2. The van der Waals surface area contributed by atoms with Crippen LogP contribution in [0.1, 0.15) is 6.92 Å². The van der Waals surface area contributed by atoms with Crippen molar-refractivity contribution >= 4 is 52.1 Å². The zero-order chi connectivity index (χ0) is 19.1. The summed E-state index contributed by atoms with van der Waals surface area (Å²) in [5.74, 6) is -0.494. The van der Waals surface area contributed by atoms with Gasteiger partial charge in [-0.2, -0.15) is 0 Å². The van der Waals surface area contributed by atoms with Gasteiger partial charge < -0.3 is 20.7 Å². The van der Waals surface area contributed by atoms with Crippen LogP contribution in [0.5, 0.6) is 0 Å². The van der Waals surface area contributed by atoms with Crippen molar-refractivity contribution in [3.63, 3.8) is 0 Å². The van der Waals surface area contributed by atoms with Crippen molar-refractivity contribution in [1.29, 1.82) is 0 Å². The highest BCUT2D eigenvalue weighted by molar-refractivity contribution is 6.35. The van der Waals surface area contributed by atoms with Gasteiger partial charge in [-0.1, -0.05) is 23.2 Å². The van der Waals surface area contributed by atoms with E-state index in [1.807, 2.05) is 0 Å². The summed E-state index contributed by atoms with van der Waals surface area (Å²) < 4.78 is 4.76. The smallest absolute Gasteiger partial charge is 0.250 e. The number of hydrogen-bond donors (Lipinski definition) is 3. The van der Waals surface area contributed by atoms with E-state index in [1.165, 1.54) is 7.11 Å². The van der Waals surface area contributed by atoms with E-state index in [0.717, 1.165) is 5.69 Å². The van der Waals surface area contributed by atoms with Gasteiger partial charge in [0.1, 0.15) is 12.6 Å². The first kappa shape index (κ1) is 20.0. The standard InChI is InChI=1S/C18H19Cl2N3O3/c1-11(18(25)23-16-9-12(19)3-8-15(16)20)21-13-4-6-14(7-5-13)22-17(24)10-26-2/h3-9,11,21H,10H2,1-2H3,(H,22,24)(H,23,25). The number of halogens is 2. The van der Waals surface area contributed by atoms with Crippen LogP contribution in [0.25, 0.3) is 0 Å². The Morgan fingerprint density at radius 1 is 1.04 bits per heavy atom. The van der Waals surface area contributed by atoms with Gasteiger partial charge in [0.05, 0.1) is 10.7 Å². The summed E-state index contributed by atoms with van der Waals surface area (Å²) in [6, 6.07) is 11.3. The van der Waals surface area contributed by atoms with Crippen molar-refractivity contribution in [2.24, 2.45) is 0 Å². The second-order valence-electron chi connectivity index (χ2n) is 5.54. The van der Waals surface area contributed by atoms with Gasteiger partial charge in [0.2, 0.25) is 11.8 Å². The fourth-order valence-corrected chi connectivity index (χ4v) is 2.46. The summed E-state index contributed by atoms with van der Waals surface area (Å²) in [6.07, 6.45) is 0. The number of rotatable bonds is 7. The fourth-order valence-electron chi connectivity index (χ4n) is 2.13. The van der Waals surface area contributed by atoms with Crippen molar-refractivity contribution < 1.29 is 14.3 Å². The van der Waals surface area contributed by atoms with E-state index in [2.05, 4.69) is 16.0 Å². The first-order valence-electron chi connectivity index (χ1n) is 7.80. The van der Waals surface area contributed by atoms with Gasteiger partial charge in [-0.15, -0.1) is 0 Å². The summed E-state index contributed by atoms with van der Waals surface area (Å²) in [7, 11) is 1.45. The minimum atomic E-state index is -0.515. The van der Waals surface area contributed by atoms with E-state index in [0.29, 0.717) is 21.4 Å². The summed E-state index contributed by atoms with van der Waals surface area (Å²) in [6.45, 7) is 1.71. The highest BCUT2D eigenvalue weighted by Gasteiger charge is 2.14. The minimum absolute atomic E-state index is 0.0106. The zero-order valence-corrected chi connectivity index (χ0v) is 15.8. The maximum Gasteiger partial charge on any atom is 0.250 e. The largest absolute Gasteiger partial charge is 0.375 e. The molecule has 0 heterocycles. The molecule has 0 bridgehead atoms. The molecular weight excluding hydrogens is 377 g/mol. The van der Waals surface area contributed by atoms with Crippen LogP contribution in [0, 0.1) is 0 Å². The monoisotopic (exact) mass is 395 g/mol. The number of anilines is 3. The van der Waals surface area contributed by atoms with Gasteiger partial charge in [-0.3, -0.25) is 9.59 Å². The van der Waals surface area contributed by atoms with Crippen molar-refractivity contribution in [2.75, 3.05) is 29.7 Å². The summed E-state index contributed by atoms with van der Waals surface area (Å²) in [5.41, 5.74) is 1.82. The number of carbonyl (C=O) groups excluding carboxylic acids is 2. The average molecular weight is 396 g/mol. The number of nitrogens with one attached hydrogen (secondary N) is 3. The summed E-state index contributed by atoms with van der Waals surface area (Å²) in [4.78, 5) is 23.8. The third-order valence-electron chi connectivity index (χ3n) is 3.41. The van der Waals surface area contributed by atoms with Gasteiger partial charge in [-0.05, 0) is 49.4 Å². The number of carbonyl (C=O) groups is 2. The third-order valence-corrected chi connectivity index (χ3v) is 3.97. The van der Waals surface area contributed by atoms with Crippen molar-refractivity contribution in [3.8, 4) is 0 Å². The second kappa shape index (κ2) is 9.43. The Balaban J connectivity index is 1.94. The van der Waals surface area contributed by atoms with Gasteiger partial charge >= 0.3 is 0 Å². The molecule has 2 aromatic carbocycles. The lowest BCUT2D eigenvalue weighted by atomic mass is 10.2. The molecule has 1 atom stereocenters. The lowest BCUT2D eigenvalue weighted by Crippen LogP contribution is -2.31. The van der Waals surface area contributed by atoms with Crippen molar-refractivity contribution in [1.82, 2.24) is 0 Å². The predicted octanol–water partition coefficient (Wildman–Crippen LogP) is 4.02. The molecule has 0 saturated carbocycles. The summed E-state index contributed by atoms with van der Waals surface area (Å²) in [5, 5.41) is 9.39. The molecule has 138 valence electrons. The van der Waals surface area contributed by atoms with E-state index in [4.69, 9.17) is 27.9 Å². The Morgan fingerprint density at radius 2 is 1.69 bits per heavy atom. The minimum Gasteiger partial charge on any atom is -0.375 e. The Bertz CT molecular complexity index is 782. The first-order valence-corrected chi connectivity index (χ1v) is 8.56. The zero-order valence-electron chi connectivity index (χ0n) is 14.3. The molecular formula is C18H19Cl2N3O3. The molecule has 0 radical (unpaired) electrons. The Morgan fingerprint density at radius 3 is 2.35 bits per heavy atom. The van der Waals surface area contributed by atoms with E-state index in [-0.39, 0.29) is 18.4 Å². The molecule has 0 spiro atoms. The molecule has 6 nitrogen and oxygen atoms in total. The molecule has 0 aliphatic heterocycles. The van der Waals surface area contributed by atoms with Gasteiger partial charge in [0, 0.05) is 23.5 Å². The molecule has 26 heavy (non-hydrogen) atoms. The fraction of sp³-hybridized carbons (Fsp3) is 0.222. The number of ether oxygens (including phenoxy) is 1. The van der Waals surface area contributed by atoms with E-state index in [1.54, 1.807) is 49.4 Å². The van der Waals surface area contributed by atoms with Crippen LogP contribution in [0.15, 0.2) is 42.5 Å². The van der Waals surface area contributed by atoms with Crippen LogP contribution in [-0.2, 0) is 14.3 Å². The van der Waals surface area contributed by atoms with Gasteiger partial charge in [-0.25, -0.2) is 0 Å². The van der Waals surface area contributed by atoms with Crippen LogP contribution in [-0.4, -0.2) is 31.6 Å². The van der Waals surface area contributed by atoms with Crippen LogP contribution in [0.3, 0.4) is 0 Å². The van der Waals surface area contributed by atoms with Crippen LogP contribution in [0.4, 0.5) is 17.1 Å². The molecule has 1 unspecified atom stereocenters. The lowest BCUT2D eigenvalue weighted by molar-refractivity contribution is -0.119. The van der Waals surface area contributed by atoms with Crippen molar-refractivity contribution in [2.45, 2.75) is 13.0 Å². The molecule has 2 amide bonds. The maximum absolute atomic E-state index is 12.3. The van der Waals surface area contributed by atoms with Crippen LogP contribution < -0.4 is 16.0 Å². The molecule has 2 aromatic rings.